The summed E-state index contributed by atoms with van der Waals surface area (Å²) in [6.45, 7) is 0. The van der Waals surface area contributed by atoms with Crippen molar-refractivity contribution in [1.29, 1.82) is 0 Å². The molecule has 1 aliphatic rings. The van der Waals surface area contributed by atoms with E-state index in [0.29, 0.717) is 6.42 Å². The lowest BCUT2D eigenvalue weighted by molar-refractivity contribution is -0.118. The Morgan fingerprint density at radius 1 is 1.69 bits per heavy atom. The van der Waals surface area contributed by atoms with E-state index in [1.165, 1.54) is 12.3 Å². The first-order valence-electron chi connectivity index (χ1n) is 4.09. The Hall–Kier alpha value is -1.58. The van der Waals surface area contributed by atoms with Crippen molar-refractivity contribution in [2.75, 3.05) is 0 Å². The van der Waals surface area contributed by atoms with Crippen molar-refractivity contribution < 1.29 is 9.53 Å². The average Bonchev–Trinajstić information content (AvgIpc) is 2.52. The Labute approximate surface area is 75.8 Å². The lowest BCUT2D eigenvalue weighted by atomic mass is 10.1. The van der Waals surface area contributed by atoms with E-state index in [9.17, 15) is 4.79 Å². The van der Waals surface area contributed by atoms with E-state index in [1.807, 2.05) is 13.2 Å². The Morgan fingerprint density at radius 2 is 2.54 bits per heavy atom. The van der Waals surface area contributed by atoms with Gasteiger partial charge in [-0.3, -0.25) is 9.48 Å². The Morgan fingerprint density at radius 3 is 3.15 bits per heavy atom. The number of allylic oxidation sites excluding steroid dienone is 1. The minimum Gasteiger partial charge on any atom is -0.493 e. The van der Waals surface area contributed by atoms with Gasteiger partial charge >= 0.3 is 0 Å². The number of ketones is 1. The summed E-state index contributed by atoms with van der Waals surface area (Å²) in [4.78, 5) is 11.1. The standard InChI is InChI=1S/C9H10N2O2/c1-11-6-7(5-10-11)9-4-8(12)2-3-13-9/h2-3,5-6,9H,4H2,1H3. The molecule has 1 aromatic rings. The van der Waals surface area contributed by atoms with Gasteiger partial charge in [0, 0.05) is 24.9 Å². The number of hydrogen-bond acceptors (Lipinski definition) is 3. The summed E-state index contributed by atoms with van der Waals surface area (Å²) in [5, 5.41) is 4.02. The normalized spacial score (nSPS) is 21.6. The van der Waals surface area contributed by atoms with Crippen LogP contribution in [0.3, 0.4) is 0 Å². The predicted octanol–water partition coefficient (Wildman–Crippen LogP) is 0.964. The fourth-order valence-electron chi connectivity index (χ4n) is 1.31. The zero-order valence-corrected chi connectivity index (χ0v) is 7.30. The fraction of sp³-hybridized carbons (Fsp3) is 0.333. The van der Waals surface area contributed by atoms with Crippen molar-refractivity contribution in [3.8, 4) is 0 Å². The molecule has 13 heavy (non-hydrogen) atoms. The molecule has 0 N–H and O–H groups in total. The molecule has 0 fully saturated rings. The van der Waals surface area contributed by atoms with Crippen LogP contribution in [0.15, 0.2) is 24.7 Å². The third-order valence-electron chi connectivity index (χ3n) is 1.98. The summed E-state index contributed by atoms with van der Waals surface area (Å²) < 4.78 is 6.99. The fourth-order valence-corrected chi connectivity index (χ4v) is 1.31. The van der Waals surface area contributed by atoms with Crippen LogP contribution >= 0.6 is 0 Å². The molecule has 1 atom stereocenters. The first kappa shape index (κ1) is 8.04. The maximum absolute atomic E-state index is 11.1. The van der Waals surface area contributed by atoms with Crippen LogP contribution in [-0.2, 0) is 16.6 Å². The molecule has 1 aromatic heterocycles. The maximum atomic E-state index is 11.1. The van der Waals surface area contributed by atoms with Gasteiger partial charge in [-0.15, -0.1) is 0 Å². The van der Waals surface area contributed by atoms with Crippen LogP contribution in [-0.4, -0.2) is 15.6 Å². The molecule has 0 spiro atoms. The molecule has 0 saturated heterocycles. The van der Waals surface area contributed by atoms with Crippen LogP contribution in [0.1, 0.15) is 18.1 Å². The van der Waals surface area contributed by atoms with E-state index in [-0.39, 0.29) is 11.9 Å². The van der Waals surface area contributed by atoms with E-state index in [2.05, 4.69) is 5.10 Å². The lowest BCUT2D eigenvalue weighted by Crippen LogP contribution is -2.10. The summed E-state index contributed by atoms with van der Waals surface area (Å²) in [6, 6.07) is 0. The van der Waals surface area contributed by atoms with Crippen LogP contribution in [0.5, 0.6) is 0 Å². The second-order valence-corrected chi connectivity index (χ2v) is 3.05. The lowest BCUT2D eigenvalue weighted by Gasteiger charge is -2.16. The second kappa shape index (κ2) is 3.05. The van der Waals surface area contributed by atoms with Gasteiger partial charge in [-0.25, -0.2) is 0 Å². The minimum atomic E-state index is -0.161. The van der Waals surface area contributed by atoms with Crippen LogP contribution < -0.4 is 0 Å². The van der Waals surface area contributed by atoms with Crippen LogP contribution in [0.4, 0.5) is 0 Å². The van der Waals surface area contributed by atoms with E-state index < -0.39 is 0 Å². The molecule has 0 aliphatic carbocycles. The third-order valence-corrected chi connectivity index (χ3v) is 1.98. The monoisotopic (exact) mass is 178 g/mol. The molecule has 4 nitrogen and oxygen atoms in total. The molecule has 0 amide bonds. The number of carbonyl (C=O) groups is 1. The molecule has 1 unspecified atom stereocenters. The van der Waals surface area contributed by atoms with Gasteiger partial charge in [-0.2, -0.15) is 5.10 Å². The Bertz CT molecular complexity index is 354. The van der Waals surface area contributed by atoms with E-state index in [0.717, 1.165) is 5.56 Å². The van der Waals surface area contributed by atoms with Crippen LogP contribution in [0.25, 0.3) is 0 Å². The molecule has 0 aromatic carbocycles. The predicted molar refractivity (Wildman–Crippen MR) is 45.8 cm³/mol. The van der Waals surface area contributed by atoms with Gasteiger partial charge in [0.1, 0.15) is 6.10 Å². The average molecular weight is 178 g/mol. The number of carbonyl (C=O) groups excluding carboxylic acids is 1. The highest BCUT2D eigenvalue weighted by Crippen LogP contribution is 2.24. The molecule has 0 bridgehead atoms. The molecule has 2 heterocycles. The quantitative estimate of drug-likeness (QED) is 0.643. The van der Waals surface area contributed by atoms with Crippen LogP contribution in [0.2, 0.25) is 0 Å². The smallest absolute Gasteiger partial charge is 0.162 e. The van der Waals surface area contributed by atoms with Gasteiger partial charge in [0.25, 0.3) is 0 Å². The molecule has 4 heteroatoms. The first-order valence-corrected chi connectivity index (χ1v) is 4.09. The largest absolute Gasteiger partial charge is 0.493 e. The van der Waals surface area contributed by atoms with Crippen molar-refractivity contribution in [1.82, 2.24) is 9.78 Å². The summed E-state index contributed by atoms with van der Waals surface area (Å²) in [5.74, 6) is 0.0973. The van der Waals surface area contributed by atoms with E-state index >= 15 is 0 Å². The first-order chi connectivity index (χ1) is 6.25. The number of rotatable bonds is 1. The second-order valence-electron chi connectivity index (χ2n) is 3.05. The van der Waals surface area contributed by atoms with Gasteiger partial charge in [-0.1, -0.05) is 0 Å². The summed E-state index contributed by atoms with van der Waals surface area (Å²) in [5.41, 5.74) is 0.945. The highest BCUT2D eigenvalue weighted by atomic mass is 16.5. The highest BCUT2D eigenvalue weighted by molar-refractivity contribution is 5.90. The number of nitrogens with zero attached hydrogens (tertiary/aromatic N) is 2. The van der Waals surface area contributed by atoms with Crippen molar-refractivity contribution >= 4 is 5.78 Å². The zero-order chi connectivity index (χ0) is 9.26. The SMILES string of the molecule is Cn1cc(C2CC(=O)C=CO2)cn1. The van der Waals surface area contributed by atoms with Gasteiger partial charge in [-0.05, 0) is 0 Å². The number of aryl methyl sites for hydroxylation is 1. The molecular formula is C9H10N2O2. The molecule has 68 valence electrons. The van der Waals surface area contributed by atoms with E-state index in [1.54, 1.807) is 10.9 Å². The van der Waals surface area contributed by atoms with E-state index in [4.69, 9.17) is 4.74 Å². The number of hydrogen-bond donors (Lipinski definition) is 0. The van der Waals surface area contributed by atoms with Gasteiger partial charge in [0.15, 0.2) is 5.78 Å². The van der Waals surface area contributed by atoms with Crippen LogP contribution in [0, 0.1) is 0 Å². The van der Waals surface area contributed by atoms with Gasteiger partial charge in [0.05, 0.1) is 18.9 Å². The topological polar surface area (TPSA) is 44.1 Å². The van der Waals surface area contributed by atoms with Crippen molar-refractivity contribution in [2.45, 2.75) is 12.5 Å². The summed E-state index contributed by atoms with van der Waals surface area (Å²) in [6.07, 6.45) is 6.72. The molecule has 1 aliphatic heterocycles. The number of aromatic nitrogens is 2. The van der Waals surface area contributed by atoms with Crippen molar-refractivity contribution in [3.63, 3.8) is 0 Å². The Kier molecular flexibility index (Phi) is 1.88. The molecule has 2 rings (SSSR count). The Balaban J connectivity index is 2.18. The van der Waals surface area contributed by atoms with Gasteiger partial charge < -0.3 is 4.74 Å². The van der Waals surface area contributed by atoms with Crippen molar-refractivity contribution in [3.05, 3.63) is 30.3 Å². The molecular weight excluding hydrogens is 168 g/mol. The number of ether oxygens (including phenoxy) is 1. The maximum Gasteiger partial charge on any atom is 0.162 e. The zero-order valence-electron chi connectivity index (χ0n) is 7.30. The molecule has 0 radical (unpaired) electrons. The third kappa shape index (κ3) is 1.61. The van der Waals surface area contributed by atoms with Crippen molar-refractivity contribution in [2.24, 2.45) is 7.05 Å². The minimum absolute atomic E-state index is 0.0973. The summed E-state index contributed by atoms with van der Waals surface area (Å²) in [7, 11) is 1.84. The highest BCUT2D eigenvalue weighted by Gasteiger charge is 2.19. The van der Waals surface area contributed by atoms with Gasteiger partial charge in [0.2, 0.25) is 0 Å². The summed E-state index contributed by atoms with van der Waals surface area (Å²) >= 11 is 0. The molecule has 0 saturated carbocycles.